The molecule has 1 aliphatic heterocycles. The zero-order chi connectivity index (χ0) is 24.5. The van der Waals surface area contributed by atoms with Crippen molar-refractivity contribution < 1.29 is 29.2 Å². The van der Waals surface area contributed by atoms with Crippen LogP contribution in [-0.4, -0.2) is 69.7 Å². The number of nitrogens with zero attached hydrogens (tertiary/aromatic N) is 1. The number of ether oxygens (including phenoxy) is 1. The quantitative estimate of drug-likeness (QED) is 0.452. The monoisotopic (exact) mass is 453 g/mol. The minimum atomic E-state index is -1.42. The van der Waals surface area contributed by atoms with Crippen LogP contribution in [-0.2, 0) is 14.3 Å². The number of rotatable bonds is 6. The summed E-state index contributed by atoms with van der Waals surface area (Å²) >= 11 is 0. The maximum Gasteiger partial charge on any atom is 0.451 e. The maximum atomic E-state index is 13.5. The number of likely N-dealkylation sites (tertiary alicyclic amines) is 1. The van der Waals surface area contributed by atoms with Crippen LogP contribution in [0.2, 0.25) is 6.32 Å². The van der Waals surface area contributed by atoms with Gasteiger partial charge in [-0.2, -0.15) is 0 Å². The number of hydrogen-bond acceptors (Lipinski definition) is 6. The molecule has 4 N–H and O–H groups in total. The molecule has 182 valence electrons. The third kappa shape index (κ3) is 6.60. The molecule has 0 aromatic carbocycles. The number of fused-ring (bicyclic) bond motifs is 1. The van der Waals surface area contributed by atoms with Gasteiger partial charge in [-0.3, -0.25) is 9.59 Å². The molecule has 1 saturated carbocycles. The van der Waals surface area contributed by atoms with Gasteiger partial charge >= 0.3 is 13.2 Å². The van der Waals surface area contributed by atoms with Crippen molar-refractivity contribution in [1.29, 1.82) is 0 Å². The van der Waals surface area contributed by atoms with Gasteiger partial charge in [-0.05, 0) is 78.5 Å². The molecule has 1 heterocycles. The molecule has 10 heteroatoms. The summed E-state index contributed by atoms with van der Waals surface area (Å²) < 4.78 is 5.54. The Balaban J connectivity index is 2.33. The number of carbonyl (C=O) groups is 3. The van der Waals surface area contributed by atoms with E-state index in [1.165, 1.54) is 6.92 Å². The molecule has 0 aromatic rings. The average molecular weight is 453 g/mol. The van der Waals surface area contributed by atoms with Gasteiger partial charge in [0.15, 0.2) is 0 Å². The topological polar surface area (TPSA) is 128 Å². The molecule has 0 radical (unpaired) electrons. The van der Waals surface area contributed by atoms with Gasteiger partial charge in [0.2, 0.25) is 11.8 Å². The standard InChI is InChI=1S/C22H40BN3O6/c1-14(27)24-22(18(28)25-20(2,3)4)11-15-12-26(19(29)32-21(5,6)7)13-16(15)17(22)9-8-10-23(30)31/h15-17,30-31H,8-13H2,1-7H3,(H,24,27)(H,25,28)/t15-,16+,17?,22?/m0/s1. The van der Waals surface area contributed by atoms with Gasteiger partial charge in [-0.15, -0.1) is 0 Å². The molecule has 2 fully saturated rings. The summed E-state index contributed by atoms with van der Waals surface area (Å²) in [6.07, 6.45) is 1.24. The number of hydrogen-bond donors (Lipinski definition) is 4. The van der Waals surface area contributed by atoms with Gasteiger partial charge < -0.3 is 30.3 Å². The van der Waals surface area contributed by atoms with E-state index < -0.39 is 23.8 Å². The highest BCUT2D eigenvalue weighted by Crippen LogP contribution is 2.51. The molecule has 4 atom stereocenters. The summed E-state index contributed by atoms with van der Waals surface area (Å²) in [5.41, 5.74) is -2.18. The fraction of sp³-hybridized carbons (Fsp3) is 0.864. The molecule has 2 aliphatic rings. The zero-order valence-electron chi connectivity index (χ0n) is 20.5. The smallest absolute Gasteiger partial charge is 0.444 e. The van der Waals surface area contributed by atoms with Crippen LogP contribution in [0.15, 0.2) is 0 Å². The van der Waals surface area contributed by atoms with Crippen LogP contribution in [0.4, 0.5) is 4.79 Å². The molecule has 9 nitrogen and oxygen atoms in total. The van der Waals surface area contributed by atoms with Crippen molar-refractivity contribution >= 4 is 25.0 Å². The molecule has 2 unspecified atom stereocenters. The van der Waals surface area contributed by atoms with E-state index in [1.807, 2.05) is 41.5 Å². The lowest BCUT2D eigenvalue weighted by atomic mass is 9.75. The molecule has 0 bridgehead atoms. The SMILES string of the molecule is CC(=O)NC1(C(=O)NC(C)(C)C)C[C@H]2CN(C(=O)OC(C)(C)C)C[C@H]2C1CCCB(O)O. The van der Waals surface area contributed by atoms with Crippen LogP contribution >= 0.6 is 0 Å². The van der Waals surface area contributed by atoms with E-state index in [1.54, 1.807) is 4.90 Å². The van der Waals surface area contributed by atoms with Gasteiger partial charge in [0.05, 0.1) is 0 Å². The minimum Gasteiger partial charge on any atom is -0.444 e. The van der Waals surface area contributed by atoms with Crippen molar-refractivity contribution in [2.24, 2.45) is 17.8 Å². The molecular formula is C22H40BN3O6. The van der Waals surface area contributed by atoms with Crippen LogP contribution in [0.5, 0.6) is 0 Å². The highest BCUT2D eigenvalue weighted by molar-refractivity contribution is 6.40. The summed E-state index contributed by atoms with van der Waals surface area (Å²) in [5, 5.41) is 24.6. The van der Waals surface area contributed by atoms with E-state index >= 15 is 0 Å². The van der Waals surface area contributed by atoms with Crippen molar-refractivity contribution in [3.63, 3.8) is 0 Å². The first-order chi connectivity index (χ1) is 14.5. The number of carbonyl (C=O) groups excluding carboxylic acids is 3. The number of nitrogens with one attached hydrogen (secondary N) is 2. The Morgan fingerprint density at radius 3 is 2.25 bits per heavy atom. The molecule has 32 heavy (non-hydrogen) atoms. The second kappa shape index (κ2) is 9.59. The van der Waals surface area contributed by atoms with Crippen LogP contribution in [0.1, 0.15) is 67.7 Å². The minimum absolute atomic E-state index is 0.00378. The fourth-order valence-electron chi connectivity index (χ4n) is 5.18. The second-order valence-electron chi connectivity index (χ2n) is 11.4. The van der Waals surface area contributed by atoms with Crippen molar-refractivity contribution in [2.45, 2.75) is 90.7 Å². The predicted molar refractivity (Wildman–Crippen MR) is 122 cm³/mol. The van der Waals surface area contributed by atoms with E-state index in [9.17, 15) is 24.4 Å². The van der Waals surface area contributed by atoms with Gasteiger partial charge in [0.1, 0.15) is 11.1 Å². The lowest BCUT2D eigenvalue weighted by Gasteiger charge is -2.39. The highest BCUT2D eigenvalue weighted by Gasteiger charge is 2.61. The maximum absolute atomic E-state index is 13.5. The lowest BCUT2D eigenvalue weighted by molar-refractivity contribution is -0.136. The third-order valence-corrected chi connectivity index (χ3v) is 6.15. The van der Waals surface area contributed by atoms with E-state index in [4.69, 9.17) is 4.74 Å². The summed E-state index contributed by atoms with van der Waals surface area (Å²) in [7, 11) is -1.42. The largest absolute Gasteiger partial charge is 0.451 e. The van der Waals surface area contributed by atoms with Crippen molar-refractivity contribution in [2.75, 3.05) is 13.1 Å². The molecule has 3 amide bonds. The van der Waals surface area contributed by atoms with Crippen LogP contribution in [0, 0.1) is 17.8 Å². The van der Waals surface area contributed by atoms with E-state index in [2.05, 4.69) is 10.6 Å². The highest BCUT2D eigenvalue weighted by atomic mass is 16.6. The normalized spacial score (nSPS) is 27.7. The fourth-order valence-corrected chi connectivity index (χ4v) is 5.18. The van der Waals surface area contributed by atoms with Gasteiger partial charge in [-0.25, -0.2) is 4.79 Å². The first kappa shape index (κ1) is 26.4. The Labute approximate surface area is 191 Å². The summed E-state index contributed by atoms with van der Waals surface area (Å²) in [6.45, 7) is 13.5. The Hall–Kier alpha value is -1.81. The summed E-state index contributed by atoms with van der Waals surface area (Å²) in [4.78, 5) is 40.1. The van der Waals surface area contributed by atoms with Gasteiger partial charge in [0, 0.05) is 25.6 Å². The van der Waals surface area contributed by atoms with Crippen molar-refractivity contribution in [3.8, 4) is 0 Å². The predicted octanol–water partition coefficient (Wildman–Crippen LogP) is 1.53. The number of amides is 3. The third-order valence-electron chi connectivity index (χ3n) is 6.15. The van der Waals surface area contributed by atoms with Gasteiger partial charge in [-0.1, -0.05) is 6.42 Å². The first-order valence-corrected chi connectivity index (χ1v) is 11.5. The summed E-state index contributed by atoms with van der Waals surface area (Å²) in [5.74, 6) is -0.733. The Morgan fingerprint density at radius 1 is 1.12 bits per heavy atom. The summed E-state index contributed by atoms with van der Waals surface area (Å²) in [6, 6.07) is 0. The Bertz CT molecular complexity index is 717. The van der Waals surface area contributed by atoms with Gasteiger partial charge in [0.25, 0.3) is 0 Å². The molecule has 1 aliphatic carbocycles. The lowest BCUT2D eigenvalue weighted by Crippen LogP contribution is -2.64. The second-order valence-corrected chi connectivity index (χ2v) is 11.4. The van der Waals surface area contributed by atoms with Crippen LogP contribution in [0.25, 0.3) is 0 Å². The zero-order valence-corrected chi connectivity index (χ0v) is 20.5. The molecular weight excluding hydrogens is 413 g/mol. The Morgan fingerprint density at radius 2 is 1.75 bits per heavy atom. The molecule has 2 rings (SSSR count). The van der Waals surface area contributed by atoms with Crippen molar-refractivity contribution in [3.05, 3.63) is 0 Å². The van der Waals surface area contributed by atoms with Crippen LogP contribution in [0.3, 0.4) is 0 Å². The van der Waals surface area contributed by atoms with Crippen LogP contribution < -0.4 is 10.6 Å². The van der Waals surface area contributed by atoms with E-state index in [-0.39, 0.29) is 42.0 Å². The molecule has 0 aromatic heterocycles. The molecule has 0 spiro atoms. The van der Waals surface area contributed by atoms with E-state index in [0.29, 0.717) is 32.4 Å². The first-order valence-electron chi connectivity index (χ1n) is 11.5. The van der Waals surface area contributed by atoms with E-state index in [0.717, 1.165) is 0 Å². The Kier molecular flexibility index (Phi) is 7.93. The molecule has 1 saturated heterocycles. The van der Waals surface area contributed by atoms with Crippen molar-refractivity contribution in [1.82, 2.24) is 15.5 Å². The average Bonchev–Trinajstić information content (AvgIpc) is 3.08.